The highest BCUT2D eigenvalue weighted by Crippen LogP contribution is 2.39. The number of hydrogen-bond donors (Lipinski definition) is 2. The minimum Gasteiger partial charge on any atom is -0.403 e. The van der Waals surface area contributed by atoms with Crippen LogP contribution in [-0.2, 0) is 28.9 Å². The summed E-state index contributed by atoms with van der Waals surface area (Å²) in [5.74, 6) is -0.460. The lowest BCUT2D eigenvalue weighted by Crippen LogP contribution is -2.66. The van der Waals surface area contributed by atoms with Gasteiger partial charge in [0.05, 0.1) is 36.1 Å². The molecule has 0 radical (unpaired) electrons. The Labute approximate surface area is 327 Å². The van der Waals surface area contributed by atoms with Crippen LogP contribution in [0.4, 0.5) is 0 Å². The highest BCUT2D eigenvalue weighted by atomic mass is 35.5. The van der Waals surface area contributed by atoms with E-state index in [1.54, 1.807) is 36.5 Å². The number of nitrogens with zero attached hydrogens (tertiary/aromatic N) is 2. The van der Waals surface area contributed by atoms with Gasteiger partial charge in [-0.15, -0.1) is 0 Å². The molecular formula is C44H42Cl2N4O3Si. The minimum atomic E-state index is -2.85. The molecule has 4 aromatic carbocycles. The molecule has 0 fully saturated rings. The minimum absolute atomic E-state index is 0.198. The van der Waals surface area contributed by atoms with E-state index in [0.29, 0.717) is 27.7 Å². The molecule has 0 atom stereocenters. The van der Waals surface area contributed by atoms with Crippen LogP contribution in [0.15, 0.2) is 146 Å². The Hall–Kier alpha value is -5.25. The number of rotatable bonds is 13. The van der Waals surface area contributed by atoms with Crippen molar-refractivity contribution in [2.24, 2.45) is 0 Å². The molecule has 0 bridgehead atoms. The smallest absolute Gasteiger partial charge is 0.261 e. The van der Waals surface area contributed by atoms with Crippen LogP contribution >= 0.6 is 23.2 Å². The maximum Gasteiger partial charge on any atom is 0.261 e. The quantitative estimate of drug-likeness (QED) is 0.0911. The van der Waals surface area contributed by atoms with Gasteiger partial charge in [0, 0.05) is 40.3 Å². The summed E-state index contributed by atoms with van der Waals surface area (Å²) in [6, 6.07) is 41.1. The Bertz CT molecular complexity index is 2180. The lowest BCUT2D eigenvalue weighted by Gasteiger charge is -2.43. The molecule has 0 aliphatic carbocycles. The van der Waals surface area contributed by atoms with Gasteiger partial charge in [-0.1, -0.05) is 123 Å². The van der Waals surface area contributed by atoms with Crippen LogP contribution in [0.1, 0.15) is 53.6 Å². The largest absolute Gasteiger partial charge is 0.403 e. The molecule has 2 aromatic heterocycles. The van der Waals surface area contributed by atoms with Crippen molar-refractivity contribution in [3.63, 3.8) is 0 Å². The Kier molecular flexibility index (Phi) is 12.3. The average Bonchev–Trinajstić information content (AvgIpc) is 3.66. The normalized spacial score (nSPS) is 11.8. The molecule has 2 heterocycles. The Morgan fingerprint density at radius 2 is 1.44 bits per heavy atom. The van der Waals surface area contributed by atoms with Gasteiger partial charge in [0.1, 0.15) is 0 Å². The molecule has 7 nitrogen and oxygen atoms in total. The van der Waals surface area contributed by atoms with E-state index in [1.165, 1.54) is 16.4 Å². The summed E-state index contributed by atoms with van der Waals surface area (Å²) < 4.78 is 9.13. The first kappa shape index (κ1) is 38.5. The van der Waals surface area contributed by atoms with E-state index in [2.05, 4.69) is 84.9 Å². The van der Waals surface area contributed by atoms with Gasteiger partial charge in [-0.3, -0.25) is 14.6 Å². The SMILES string of the molecule is CC(C)(C)[Si](OCc1c(Cl)ccc(-n2cccc2CNC(=O)/C=C/c2ccc(C(=O)NCc3ccccn3)cc2)c1Cl)(c1ccccc1)c1ccccc1. The van der Waals surface area contributed by atoms with Gasteiger partial charge in [0.15, 0.2) is 0 Å². The van der Waals surface area contributed by atoms with E-state index < -0.39 is 8.32 Å². The summed E-state index contributed by atoms with van der Waals surface area (Å²) in [7, 11) is -2.85. The average molecular weight is 774 g/mol. The Morgan fingerprint density at radius 3 is 2.07 bits per heavy atom. The van der Waals surface area contributed by atoms with Crippen molar-refractivity contribution in [3.05, 3.63) is 184 Å². The monoisotopic (exact) mass is 772 g/mol. The number of pyridine rings is 1. The Balaban J connectivity index is 1.14. The number of amides is 2. The van der Waals surface area contributed by atoms with E-state index in [4.69, 9.17) is 27.6 Å². The van der Waals surface area contributed by atoms with Crippen LogP contribution in [0.2, 0.25) is 15.1 Å². The van der Waals surface area contributed by atoms with Gasteiger partial charge >= 0.3 is 0 Å². The zero-order valence-electron chi connectivity index (χ0n) is 30.4. The number of nitrogens with one attached hydrogen (secondary N) is 2. The molecule has 6 aromatic rings. The van der Waals surface area contributed by atoms with Crippen molar-refractivity contribution in [2.75, 3.05) is 0 Å². The zero-order valence-corrected chi connectivity index (χ0v) is 32.9. The number of aromatic nitrogens is 2. The molecule has 54 heavy (non-hydrogen) atoms. The lowest BCUT2D eigenvalue weighted by atomic mass is 10.1. The second-order valence-electron chi connectivity index (χ2n) is 13.9. The van der Waals surface area contributed by atoms with Crippen molar-refractivity contribution >= 4 is 59.8 Å². The predicted octanol–water partition coefficient (Wildman–Crippen LogP) is 8.52. The fraction of sp³-hybridized carbons (Fsp3) is 0.159. The first-order valence-corrected chi connectivity index (χ1v) is 20.4. The molecule has 274 valence electrons. The van der Waals surface area contributed by atoms with Crippen molar-refractivity contribution in [1.29, 1.82) is 0 Å². The number of benzene rings is 4. The van der Waals surface area contributed by atoms with E-state index >= 15 is 0 Å². The summed E-state index contributed by atoms with van der Waals surface area (Å²) in [5, 5.41) is 8.96. The van der Waals surface area contributed by atoms with Crippen LogP contribution in [0.3, 0.4) is 0 Å². The van der Waals surface area contributed by atoms with Crippen molar-refractivity contribution < 1.29 is 14.0 Å². The van der Waals surface area contributed by atoms with Gasteiger partial charge in [-0.25, -0.2) is 0 Å². The summed E-state index contributed by atoms with van der Waals surface area (Å²) in [6.07, 6.45) is 6.78. The number of halogens is 2. The van der Waals surface area contributed by atoms with Crippen molar-refractivity contribution in [2.45, 2.75) is 45.5 Å². The van der Waals surface area contributed by atoms with Crippen LogP contribution in [0.5, 0.6) is 0 Å². The first-order chi connectivity index (χ1) is 26.1. The number of carbonyl (C=O) groups is 2. The first-order valence-electron chi connectivity index (χ1n) is 17.7. The topological polar surface area (TPSA) is 85.2 Å². The highest BCUT2D eigenvalue weighted by molar-refractivity contribution is 6.99. The summed E-state index contributed by atoms with van der Waals surface area (Å²) >= 11 is 14.0. The molecule has 0 aliphatic rings. The highest BCUT2D eigenvalue weighted by Gasteiger charge is 2.50. The van der Waals surface area contributed by atoms with Gasteiger partial charge in [0.25, 0.3) is 14.2 Å². The molecule has 0 saturated heterocycles. The third-order valence-electron chi connectivity index (χ3n) is 9.31. The third-order valence-corrected chi connectivity index (χ3v) is 15.1. The molecule has 0 saturated carbocycles. The maximum atomic E-state index is 12.9. The molecule has 0 spiro atoms. The summed E-state index contributed by atoms with van der Waals surface area (Å²) in [6.45, 7) is 7.52. The zero-order chi connectivity index (χ0) is 38.1. The van der Waals surface area contributed by atoms with Crippen LogP contribution < -0.4 is 21.0 Å². The molecule has 10 heteroatoms. The van der Waals surface area contributed by atoms with E-state index in [1.807, 2.05) is 65.4 Å². The van der Waals surface area contributed by atoms with Crippen molar-refractivity contribution in [1.82, 2.24) is 20.2 Å². The predicted molar refractivity (Wildman–Crippen MR) is 221 cm³/mol. The second kappa shape index (κ2) is 17.3. The molecule has 0 unspecified atom stereocenters. The molecule has 6 rings (SSSR count). The Morgan fingerprint density at radius 1 is 0.778 bits per heavy atom. The van der Waals surface area contributed by atoms with Crippen LogP contribution in [0.25, 0.3) is 11.8 Å². The number of carbonyl (C=O) groups excluding carboxylic acids is 2. The van der Waals surface area contributed by atoms with E-state index in [0.717, 1.165) is 22.6 Å². The van der Waals surface area contributed by atoms with E-state index in [9.17, 15) is 9.59 Å². The van der Waals surface area contributed by atoms with Gasteiger partial charge in [0.2, 0.25) is 5.91 Å². The third kappa shape index (κ3) is 8.75. The van der Waals surface area contributed by atoms with Crippen LogP contribution in [-0.4, -0.2) is 29.7 Å². The van der Waals surface area contributed by atoms with Crippen LogP contribution in [0, 0.1) is 0 Å². The maximum absolute atomic E-state index is 12.9. The van der Waals surface area contributed by atoms with Gasteiger partial charge < -0.3 is 19.6 Å². The fourth-order valence-electron chi connectivity index (χ4n) is 6.57. The van der Waals surface area contributed by atoms with Gasteiger partial charge in [-0.2, -0.15) is 0 Å². The van der Waals surface area contributed by atoms with Crippen molar-refractivity contribution in [3.8, 4) is 5.69 Å². The molecular weight excluding hydrogens is 732 g/mol. The standard InChI is InChI=1S/C44H42Cl2N4O3Si/c1-44(2,3)54(36-15-6-4-7-16-36,37-17-8-5-9-18-37)53-31-38-39(45)24-25-40(42(38)46)50-28-12-14-35(50)30-48-41(51)26-21-32-19-22-33(23-20-32)43(52)49-29-34-13-10-11-27-47-34/h4-28H,29-31H2,1-3H3,(H,48,51)(H,49,52)/b26-21+. The molecule has 2 amide bonds. The summed E-state index contributed by atoms with van der Waals surface area (Å²) in [4.78, 5) is 29.7. The number of hydrogen-bond acceptors (Lipinski definition) is 4. The molecule has 0 aliphatic heterocycles. The fourth-order valence-corrected chi connectivity index (χ4v) is 11.7. The lowest BCUT2D eigenvalue weighted by molar-refractivity contribution is -0.116. The second-order valence-corrected chi connectivity index (χ2v) is 18.9. The summed E-state index contributed by atoms with van der Waals surface area (Å²) in [5.41, 5.74) is 4.35. The van der Waals surface area contributed by atoms with E-state index in [-0.39, 0.29) is 30.0 Å². The molecule has 2 N–H and O–H groups in total. The van der Waals surface area contributed by atoms with Gasteiger partial charge in [-0.05, 0) is 75.6 Å².